The number of aromatic nitrogens is 2. The number of ether oxygens (including phenoxy) is 1. The number of halogens is 2. The van der Waals surface area contributed by atoms with Crippen molar-refractivity contribution in [3.63, 3.8) is 0 Å². The lowest BCUT2D eigenvalue weighted by Crippen LogP contribution is -2.35. The molecule has 1 aliphatic heterocycles. The van der Waals surface area contributed by atoms with E-state index >= 15 is 0 Å². The van der Waals surface area contributed by atoms with Gasteiger partial charge in [-0.3, -0.25) is 4.90 Å². The number of nitroso groups, excluding NO2 is 1. The van der Waals surface area contributed by atoms with Gasteiger partial charge in [-0.25, -0.2) is 19.4 Å². The molecule has 0 radical (unpaired) electrons. The Morgan fingerprint density at radius 3 is 2.62 bits per heavy atom. The maximum Gasteiger partial charge on any atom is 0.202 e. The molecule has 3 rings (SSSR count). The van der Waals surface area contributed by atoms with Crippen LogP contribution >= 0.6 is 15.9 Å². The second-order valence-corrected chi connectivity index (χ2v) is 8.37. The number of anilines is 1. The molecule has 0 amide bonds. The minimum atomic E-state index is -0.556. The normalized spacial score (nSPS) is 15.8. The summed E-state index contributed by atoms with van der Waals surface area (Å²) < 4.78 is 23.9. The van der Waals surface area contributed by atoms with Crippen LogP contribution < -0.4 is 10.7 Å². The first-order valence-electron chi connectivity index (χ1n) is 10.5. The molecule has 34 heavy (non-hydrogen) atoms. The molecule has 2 aromatic rings. The second kappa shape index (κ2) is 12.9. The quantitative estimate of drug-likeness (QED) is 0.153. The van der Waals surface area contributed by atoms with E-state index < -0.39 is 5.83 Å². The van der Waals surface area contributed by atoms with Crippen molar-refractivity contribution < 1.29 is 13.8 Å². The first-order valence-corrected chi connectivity index (χ1v) is 11.3. The van der Waals surface area contributed by atoms with Crippen LogP contribution in [0.3, 0.4) is 0 Å². The van der Waals surface area contributed by atoms with Crippen LogP contribution in [0, 0.1) is 4.91 Å². The lowest BCUT2D eigenvalue weighted by Gasteiger charge is -2.26. The van der Waals surface area contributed by atoms with Gasteiger partial charge in [-0.1, -0.05) is 30.8 Å². The average Bonchev–Trinajstić information content (AvgIpc) is 3.31. The lowest BCUT2D eigenvalue weighted by molar-refractivity contribution is 0.0342. The molecule has 0 bridgehead atoms. The van der Waals surface area contributed by atoms with E-state index in [1.165, 1.54) is 17.7 Å². The molecule has 0 atom stereocenters. The Hall–Kier alpha value is -3.22. The van der Waals surface area contributed by atoms with Gasteiger partial charge in [0.1, 0.15) is 5.83 Å². The largest absolute Gasteiger partial charge is 0.379 e. The summed E-state index contributed by atoms with van der Waals surface area (Å²) in [5, 5.41) is 13.4. The number of amidine groups is 1. The number of aliphatic imine (C=N–C) groups is 1. The molecular formula is C22H25BrFN7O3. The first kappa shape index (κ1) is 25.4. The van der Waals surface area contributed by atoms with E-state index in [0.717, 1.165) is 38.4 Å². The van der Waals surface area contributed by atoms with E-state index in [0.29, 0.717) is 12.2 Å². The third-order valence-corrected chi connectivity index (χ3v) is 5.25. The Labute approximate surface area is 204 Å². The van der Waals surface area contributed by atoms with E-state index in [1.54, 1.807) is 6.92 Å². The summed E-state index contributed by atoms with van der Waals surface area (Å²) in [6, 6.07) is 8.23. The van der Waals surface area contributed by atoms with Crippen LogP contribution in [0.4, 0.5) is 10.2 Å². The van der Waals surface area contributed by atoms with Crippen molar-refractivity contribution in [3.05, 3.63) is 80.7 Å². The van der Waals surface area contributed by atoms with Crippen LogP contribution in [0.15, 0.2) is 73.9 Å². The third kappa shape index (κ3) is 7.68. The van der Waals surface area contributed by atoms with E-state index in [1.807, 2.05) is 12.1 Å². The van der Waals surface area contributed by atoms with Crippen molar-refractivity contribution in [3.8, 4) is 0 Å². The molecule has 1 aromatic carbocycles. The number of hydrogen-bond donors (Lipinski definition) is 2. The molecule has 0 aliphatic carbocycles. The molecule has 0 spiro atoms. The molecule has 0 unspecified atom stereocenters. The maximum absolute atomic E-state index is 13.6. The summed E-state index contributed by atoms with van der Waals surface area (Å²) in [4.78, 5) is 17.4. The number of nitrogens with zero attached hydrogens (tertiary/aromatic N) is 5. The van der Waals surface area contributed by atoms with Gasteiger partial charge in [-0.15, -0.1) is 4.91 Å². The van der Waals surface area contributed by atoms with E-state index in [9.17, 15) is 9.30 Å². The highest BCUT2D eigenvalue weighted by Crippen LogP contribution is 2.17. The van der Waals surface area contributed by atoms with Crippen molar-refractivity contribution in [2.24, 2.45) is 10.3 Å². The molecule has 1 saturated heterocycles. The Morgan fingerprint density at radius 2 is 1.94 bits per heavy atom. The zero-order valence-electron chi connectivity index (χ0n) is 18.6. The maximum atomic E-state index is 13.6. The fraction of sp³-hybridized carbons (Fsp3) is 0.318. The van der Waals surface area contributed by atoms with Crippen LogP contribution in [0.25, 0.3) is 0 Å². The predicted octanol–water partition coefficient (Wildman–Crippen LogP) is 4.20. The zero-order valence-corrected chi connectivity index (χ0v) is 20.2. The van der Waals surface area contributed by atoms with Gasteiger partial charge in [0.05, 0.1) is 18.5 Å². The number of morpholine rings is 1. The molecule has 180 valence electrons. The van der Waals surface area contributed by atoms with Gasteiger partial charge in [0, 0.05) is 36.4 Å². The van der Waals surface area contributed by atoms with Crippen LogP contribution in [0.5, 0.6) is 0 Å². The van der Waals surface area contributed by atoms with Gasteiger partial charge in [0.25, 0.3) is 0 Å². The zero-order chi connectivity index (χ0) is 24.3. The summed E-state index contributed by atoms with van der Waals surface area (Å²) in [6.45, 7) is 9.80. The number of nitrogens with one attached hydrogen (secondary N) is 2. The van der Waals surface area contributed by atoms with Crippen LogP contribution in [-0.2, 0) is 17.8 Å². The second-order valence-electron chi connectivity index (χ2n) is 7.41. The van der Waals surface area contributed by atoms with Gasteiger partial charge in [-0.2, -0.15) is 0 Å². The number of allylic oxidation sites excluding steroid dienone is 5. The molecule has 2 heterocycles. The SMILES string of the molecule is C=C(Br)/C(F)=C\C=C(/C)N=C(NN=O)c1nonc1NCc1ccc(CN2CCOCC2)cc1. The topological polar surface area (TPSA) is 117 Å². The Bertz CT molecular complexity index is 1080. The van der Waals surface area contributed by atoms with Crippen molar-refractivity contribution >= 4 is 27.6 Å². The van der Waals surface area contributed by atoms with E-state index in [-0.39, 0.29) is 21.8 Å². The standard InChI is InChI=1S/C22H25BrFN7O3/c1-15(3-8-19(24)16(2)23)26-22(27-30-32)20-21(29-34-28-20)25-13-17-4-6-18(7-5-17)14-31-9-11-33-12-10-31/h3-8H,2,9-14H2,1H3,(H,25,29)(H,26,27,32)/b15-3+,19-8+. The molecule has 2 N–H and O–H groups in total. The number of rotatable bonds is 10. The molecule has 10 nitrogen and oxygen atoms in total. The van der Waals surface area contributed by atoms with E-state index in [2.05, 4.69) is 70.9 Å². The Kier molecular flexibility index (Phi) is 9.62. The van der Waals surface area contributed by atoms with Crippen LogP contribution in [0.1, 0.15) is 23.7 Å². The van der Waals surface area contributed by atoms with Crippen molar-refractivity contribution in [2.45, 2.75) is 20.0 Å². The fourth-order valence-electron chi connectivity index (χ4n) is 3.10. The Balaban J connectivity index is 1.66. The minimum absolute atomic E-state index is 0.000152. The van der Waals surface area contributed by atoms with Gasteiger partial charge in [-0.05, 0) is 56.4 Å². The van der Waals surface area contributed by atoms with Crippen LogP contribution in [-0.4, -0.2) is 47.4 Å². The summed E-state index contributed by atoms with van der Waals surface area (Å²) in [5.74, 6) is -0.283. The van der Waals surface area contributed by atoms with Crippen molar-refractivity contribution in [1.82, 2.24) is 20.6 Å². The molecule has 1 aromatic heterocycles. The van der Waals surface area contributed by atoms with Crippen LogP contribution in [0.2, 0.25) is 0 Å². The molecule has 1 fully saturated rings. The summed E-state index contributed by atoms with van der Waals surface area (Å²) >= 11 is 2.95. The highest BCUT2D eigenvalue weighted by atomic mass is 79.9. The summed E-state index contributed by atoms with van der Waals surface area (Å²) in [5.41, 5.74) is 5.01. The van der Waals surface area contributed by atoms with Gasteiger partial charge >= 0.3 is 0 Å². The van der Waals surface area contributed by atoms with E-state index in [4.69, 9.17) is 9.37 Å². The summed E-state index contributed by atoms with van der Waals surface area (Å²) in [7, 11) is 0. The minimum Gasteiger partial charge on any atom is -0.379 e. The molecule has 12 heteroatoms. The molecule has 0 saturated carbocycles. The number of hydrogen-bond acceptors (Lipinski definition) is 9. The van der Waals surface area contributed by atoms with Gasteiger partial charge < -0.3 is 10.1 Å². The smallest absolute Gasteiger partial charge is 0.202 e. The first-order chi connectivity index (χ1) is 16.5. The average molecular weight is 534 g/mol. The fourth-order valence-corrected chi connectivity index (χ4v) is 3.23. The Morgan fingerprint density at radius 1 is 1.24 bits per heavy atom. The van der Waals surface area contributed by atoms with Crippen molar-refractivity contribution in [2.75, 3.05) is 31.6 Å². The van der Waals surface area contributed by atoms with Crippen molar-refractivity contribution in [1.29, 1.82) is 0 Å². The van der Waals surface area contributed by atoms with Gasteiger partial charge in [0.15, 0.2) is 11.5 Å². The summed E-state index contributed by atoms with van der Waals surface area (Å²) in [6.07, 6.45) is 2.60. The van der Waals surface area contributed by atoms with Gasteiger partial charge in [0.2, 0.25) is 5.82 Å². The predicted molar refractivity (Wildman–Crippen MR) is 131 cm³/mol. The lowest BCUT2D eigenvalue weighted by atomic mass is 10.1. The third-order valence-electron chi connectivity index (χ3n) is 4.88. The molecule has 1 aliphatic rings. The highest BCUT2D eigenvalue weighted by Gasteiger charge is 2.17. The molecular weight excluding hydrogens is 509 g/mol. The number of benzene rings is 1. The highest BCUT2D eigenvalue weighted by molar-refractivity contribution is 9.11. The monoisotopic (exact) mass is 533 g/mol.